The molecule has 0 aliphatic heterocycles. The Hall–Kier alpha value is -0.570. The molecule has 1 aliphatic carbocycles. The summed E-state index contributed by atoms with van der Waals surface area (Å²) in [7, 11) is 0. The van der Waals surface area contributed by atoms with Crippen molar-refractivity contribution in [3.8, 4) is 0 Å². The van der Waals surface area contributed by atoms with Crippen molar-refractivity contribution in [1.29, 1.82) is 0 Å². The minimum absolute atomic E-state index is 0.387. The standard InChI is InChI=1S/C11H18ClN3/c1-2-5-15-11(13-8-14-15)7-9-3-4-10(12)6-9/h8-10H,2-7H2,1H3. The van der Waals surface area contributed by atoms with Crippen molar-refractivity contribution in [1.82, 2.24) is 14.8 Å². The average molecular weight is 228 g/mol. The average Bonchev–Trinajstić information content (AvgIpc) is 2.78. The summed E-state index contributed by atoms with van der Waals surface area (Å²) in [5.41, 5.74) is 0. The summed E-state index contributed by atoms with van der Waals surface area (Å²) < 4.78 is 2.03. The number of nitrogens with zero attached hydrogens (tertiary/aromatic N) is 3. The van der Waals surface area contributed by atoms with Crippen LogP contribution in [-0.4, -0.2) is 20.1 Å². The Morgan fingerprint density at radius 1 is 1.53 bits per heavy atom. The van der Waals surface area contributed by atoms with E-state index in [0.29, 0.717) is 11.3 Å². The number of hydrogen-bond donors (Lipinski definition) is 0. The van der Waals surface area contributed by atoms with Gasteiger partial charge in [-0.2, -0.15) is 5.10 Å². The quantitative estimate of drug-likeness (QED) is 0.741. The fourth-order valence-corrected chi connectivity index (χ4v) is 2.68. The van der Waals surface area contributed by atoms with E-state index in [1.807, 2.05) is 4.68 Å². The predicted molar refractivity (Wildman–Crippen MR) is 61.0 cm³/mol. The van der Waals surface area contributed by atoms with Crippen molar-refractivity contribution in [2.75, 3.05) is 0 Å². The van der Waals surface area contributed by atoms with Crippen molar-refractivity contribution >= 4 is 11.6 Å². The van der Waals surface area contributed by atoms with Gasteiger partial charge in [0.1, 0.15) is 12.2 Å². The van der Waals surface area contributed by atoms with E-state index in [1.165, 1.54) is 6.42 Å². The number of aryl methyl sites for hydroxylation is 1. The SMILES string of the molecule is CCCn1ncnc1CC1CCC(Cl)C1. The lowest BCUT2D eigenvalue weighted by atomic mass is 10.0. The van der Waals surface area contributed by atoms with Crippen LogP contribution < -0.4 is 0 Å². The molecule has 2 atom stereocenters. The summed E-state index contributed by atoms with van der Waals surface area (Å²) in [5.74, 6) is 1.85. The van der Waals surface area contributed by atoms with Gasteiger partial charge in [-0.05, 0) is 31.6 Å². The lowest BCUT2D eigenvalue weighted by Gasteiger charge is -2.09. The molecule has 1 heterocycles. The van der Waals surface area contributed by atoms with Crippen LogP contribution in [0.2, 0.25) is 0 Å². The molecule has 1 saturated carbocycles. The van der Waals surface area contributed by atoms with Crippen molar-refractivity contribution in [3.63, 3.8) is 0 Å². The molecular weight excluding hydrogens is 210 g/mol. The molecule has 1 aliphatic rings. The van der Waals surface area contributed by atoms with Crippen LogP contribution in [0, 0.1) is 5.92 Å². The number of rotatable bonds is 4. The molecule has 0 saturated heterocycles. The van der Waals surface area contributed by atoms with Crippen molar-refractivity contribution in [2.45, 2.75) is 50.9 Å². The van der Waals surface area contributed by atoms with Crippen LogP contribution in [0.1, 0.15) is 38.4 Å². The monoisotopic (exact) mass is 227 g/mol. The van der Waals surface area contributed by atoms with Gasteiger partial charge in [-0.25, -0.2) is 4.98 Å². The third-order valence-electron chi connectivity index (χ3n) is 3.08. The summed E-state index contributed by atoms with van der Waals surface area (Å²) in [6.07, 6.45) is 7.36. The van der Waals surface area contributed by atoms with Gasteiger partial charge in [-0.1, -0.05) is 6.92 Å². The molecule has 0 spiro atoms. The second kappa shape index (κ2) is 4.97. The first kappa shape index (κ1) is 10.9. The molecule has 2 rings (SSSR count). The first-order chi connectivity index (χ1) is 7.29. The number of aromatic nitrogens is 3. The Labute approximate surface area is 95.8 Å². The number of halogens is 1. The number of alkyl halides is 1. The van der Waals surface area contributed by atoms with Crippen LogP contribution in [0.25, 0.3) is 0 Å². The zero-order chi connectivity index (χ0) is 10.7. The summed E-state index contributed by atoms with van der Waals surface area (Å²) in [6.45, 7) is 3.14. The van der Waals surface area contributed by atoms with E-state index in [-0.39, 0.29) is 0 Å². The minimum Gasteiger partial charge on any atom is -0.250 e. The maximum atomic E-state index is 6.11. The molecular formula is C11H18ClN3. The van der Waals surface area contributed by atoms with Crippen molar-refractivity contribution in [2.24, 2.45) is 5.92 Å². The Balaban J connectivity index is 1.95. The van der Waals surface area contributed by atoms with Gasteiger partial charge in [0.25, 0.3) is 0 Å². The molecule has 15 heavy (non-hydrogen) atoms. The molecule has 0 bridgehead atoms. The first-order valence-electron chi connectivity index (χ1n) is 5.80. The highest BCUT2D eigenvalue weighted by atomic mass is 35.5. The molecule has 1 aromatic heterocycles. The van der Waals surface area contributed by atoms with Crippen molar-refractivity contribution in [3.05, 3.63) is 12.2 Å². The van der Waals surface area contributed by atoms with Crippen molar-refractivity contribution < 1.29 is 0 Å². The highest BCUT2D eigenvalue weighted by molar-refractivity contribution is 6.20. The minimum atomic E-state index is 0.387. The van der Waals surface area contributed by atoms with Gasteiger partial charge in [0.15, 0.2) is 0 Å². The van der Waals surface area contributed by atoms with Crippen LogP contribution in [0.4, 0.5) is 0 Å². The second-order valence-corrected chi connectivity index (χ2v) is 5.00. The lowest BCUT2D eigenvalue weighted by Crippen LogP contribution is -2.10. The van der Waals surface area contributed by atoms with Crippen LogP contribution in [-0.2, 0) is 13.0 Å². The highest BCUT2D eigenvalue weighted by Crippen LogP contribution is 2.31. The number of hydrogen-bond acceptors (Lipinski definition) is 2. The molecule has 0 amide bonds. The maximum Gasteiger partial charge on any atom is 0.138 e. The highest BCUT2D eigenvalue weighted by Gasteiger charge is 2.24. The van der Waals surface area contributed by atoms with E-state index in [0.717, 1.165) is 38.1 Å². The van der Waals surface area contributed by atoms with Crippen LogP contribution in [0.5, 0.6) is 0 Å². The van der Waals surface area contributed by atoms with Gasteiger partial charge < -0.3 is 0 Å². The molecule has 0 aromatic carbocycles. The Morgan fingerprint density at radius 2 is 2.40 bits per heavy atom. The fraction of sp³-hybridized carbons (Fsp3) is 0.818. The molecule has 4 heteroatoms. The van der Waals surface area contributed by atoms with E-state index < -0.39 is 0 Å². The predicted octanol–water partition coefficient (Wildman–Crippen LogP) is 2.64. The zero-order valence-corrected chi connectivity index (χ0v) is 9.95. The lowest BCUT2D eigenvalue weighted by molar-refractivity contribution is 0.489. The summed E-state index contributed by atoms with van der Waals surface area (Å²) in [4.78, 5) is 4.33. The Bertz CT molecular complexity index is 311. The Morgan fingerprint density at radius 3 is 3.07 bits per heavy atom. The van der Waals surface area contributed by atoms with E-state index in [2.05, 4.69) is 17.0 Å². The van der Waals surface area contributed by atoms with Crippen LogP contribution in [0.15, 0.2) is 6.33 Å². The third kappa shape index (κ3) is 2.71. The Kier molecular flexibility index (Phi) is 3.62. The van der Waals surface area contributed by atoms with Crippen LogP contribution in [0.3, 0.4) is 0 Å². The fourth-order valence-electron chi connectivity index (χ4n) is 2.30. The van der Waals surface area contributed by atoms with Gasteiger partial charge in [0.2, 0.25) is 0 Å². The molecule has 1 aromatic rings. The van der Waals surface area contributed by atoms with Gasteiger partial charge in [0.05, 0.1) is 0 Å². The molecule has 3 nitrogen and oxygen atoms in total. The smallest absolute Gasteiger partial charge is 0.138 e. The third-order valence-corrected chi connectivity index (χ3v) is 3.48. The normalized spacial score (nSPS) is 26.0. The van der Waals surface area contributed by atoms with Gasteiger partial charge >= 0.3 is 0 Å². The second-order valence-electron chi connectivity index (χ2n) is 4.38. The van der Waals surface area contributed by atoms with Gasteiger partial charge in [0, 0.05) is 18.3 Å². The molecule has 1 fully saturated rings. The van der Waals surface area contributed by atoms with E-state index >= 15 is 0 Å². The van der Waals surface area contributed by atoms with E-state index in [1.54, 1.807) is 6.33 Å². The van der Waals surface area contributed by atoms with Gasteiger partial charge in [-0.3, -0.25) is 4.68 Å². The summed E-state index contributed by atoms with van der Waals surface area (Å²) in [6, 6.07) is 0. The molecule has 0 N–H and O–H groups in total. The van der Waals surface area contributed by atoms with Crippen LogP contribution >= 0.6 is 11.6 Å². The van der Waals surface area contributed by atoms with E-state index in [9.17, 15) is 0 Å². The first-order valence-corrected chi connectivity index (χ1v) is 6.24. The summed E-state index contributed by atoms with van der Waals surface area (Å²) in [5, 5.41) is 4.63. The topological polar surface area (TPSA) is 30.7 Å². The zero-order valence-electron chi connectivity index (χ0n) is 9.19. The van der Waals surface area contributed by atoms with E-state index in [4.69, 9.17) is 11.6 Å². The molecule has 84 valence electrons. The molecule has 0 radical (unpaired) electrons. The maximum absolute atomic E-state index is 6.11. The largest absolute Gasteiger partial charge is 0.250 e. The summed E-state index contributed by atoms with van der Waals surface area (Å²) >= 11 is 6.11. The van der Waals surface area contributed by atoms with Gasteiger partial charge in [-0.15, -0.1) is 11.6 Å². The molecule has 2 unspecified atom stereocenters.